The minimum absolute atomic E-state index is 0.326. The second-order valence-electron chi connectivity index (χ2n) is 4.04. The average molecular weight is 209 g/mol. The van der Waals surface area contributed by atoms with Gasteiger partial charge in [-0.05, 0) is 36.4 Å². The predicted molar refractivity (Wildman–Crippen MR) is 57.7 cm³/mol. The van der Waals surface area contributed by atoms with Gasteiger partial charge in [-0.2, -0.15) is 0 Å². The summed E-state index contributed by atoms with van der Waals surface area (Å²) < 4.78 is 5.89. The number of fused-ring (bicyclic) bond motifs is 1. The summed E-state index contributed by atoms with van der Waals surface area (Å²) >= 11 is 1.88. The van der Waals surface area contributed by atoms with E-state index < -0.39 is 0 Å². The Morgan fingerprint density at radius 1 is 1.50 bits per heavy atom. The van der Waals surface area contributed by atoms with Crippen LogP contribution in [0.5, 0.6) is 0 Å². The van der Waals surface area contributed by atoms with Gasteiger partial charge in [0.15, 0.2) is 0 Å². The van der Waals surface area contributed by atoms with Crippen LogP contribution in [0.3, 0.4) is 0 Å². The zero-order valence-electron chi connectivity index (χ0n) is 8.16. The zero-order valence-corrected chi connectivity index (χ0v) is 8.98. The first-order chi connectivity index (χ1) is 6.95. The molecular formula is C11H15NOS. The van der Waals surface area contributed by atoms with Gasteiger partial charge in [-0.25, -0.2) is 0 Å². The van der Waals surface area contributed by atoms with E-state index in [1.807, 2.05) is 11.3 Å². The lowest BCUT2D eigenvalue weighted by atomic mass is 9.99. The van der Waals surface area contributed by atoms with Crippen molar-refractivity contribution in [3.63, 3.8) is 0 Å². The molecule has 3 heterocycles. The van der Waals surface area contributed by atoms with Crippen molar-refractivity contribution in [3.8, 4) is 0 Å². The van der Waals surface area contributed by atoms with Crippen LogP contribution in [0.4, 0.5) is 0 Å². The lowest BCUT2D eigenvalue weighted by molar-refractivity contribution is 0.0211. The molecule has 1 aromatic rings. The summed E-state index contributed by atoms with van der Waals surface area (Å²) in [6, 6.07) is 2.80. The van der Waals surface area contributed by atoms with Gasteiger partial charge < -0.3 is 10.1 Å². The minimum atomic E-state index is 0.326. The molecule has 0 amide bonds. The van der Waals surface area contributed by atoms with E-state index in [1.54, 1.807) is 0 Å². The van der Waals surface area contributed by atoms with Crippen molar-refractivity contribution in [2.75, 3.05) is 13.2 Å². The Hall–Kier alpha value is -0.380. The molecule has 1 unspecified atom stereocenters. The van der Waals surface area contributed by atoms with E-state index >= 15 is 0 Å². The third-order valence-corrected chi connectivity index (χ3v) is 4.17. The van der Waals surface area contributed by atoms with Crippen LogP contribution in [0.2, 0.25) is 0 Å². The molecule has 0 aliphatic carbocycles. The van der Waals surface area contributed by atoms with E-state index in [1.165, 1.54) is 23.3 Å². The van der Waals surface area contributed by atoms with Crippen LogP contribution in [0, 0.1) is 0 Å². The summed E-state index contributed by atoms with van der Waals surface area (Å²) in [6.45, 7) is 2.06. The molecular weight excluding hydrogens is 194 g/mol. The van der Waals surface area contributed by atoms with Gasteiger partial charge in [0.1, 0.15) is 0 Å². The highest BCUT2D eigenvalue weighted by Gasteiger charge is 2.31. The highest BCUT2D eigenvalue weighted by atomic mass is 32.1. The number of hydrogen-bond donors (Lipinski definition) is 1. The molecule has 0 saturated carbocycles. The second kappa shape index (κ2) is 3.65. The molecule has 14 heavy (non-hydrogen) atoms. The molecule has 2 nitrogen and oxygen atoms in total. The number of nitrogens with one attached hydrogen (secondary N) is 1. The number of ether oxygens (including phenoxy) is 1. The SMILES string of the molecule is c1cc2c(s1)CCO[C@@H]2C1CCCN1. The van der Waals surface area contributed by atoms with E-state index in [0.717, 1.165) is 19.6 Å². The summed E-state index contributed by atoms with van der Waals surface area (Å²) in [5, 5.41) is 5.73. The fraction of sp³-hybridized carbons (Fsp3) is 0.636. The van der Waals surface area contributed by atoms with Crippen LogP contribution in [0.25, 0.3) is 0 Å². The maximum absolute atomic E-state index is 5.89. The van der Waals surface area contributed by atoms with Crippen LogP contribution in [0.15, 0.2) is 11.4 Å². The highest BCUT2D eigenvalue weighted by molar-refractivity contribution is 7.10. The van der Waals surface area contributed by atoms with Gasteiger partial charge in [-0.1, -0.05) is 0 Å². The van der Waals surface area contributed by atoms with Crippen molar-refractivity contribution >= 4 is 11.3 Å². The topological polar surface area (TPSA) is 21.3 Å². The predicted octanol–water partition coefficient (Wildman–Crippen LogP) is 2.11. The van der Waals surface area contributed by atoms with E-state index in [0.29, 0.717) is 12.1 Å². The van der Waals surface area contributed by atoms with Crippen molar-refractivity contribution in [2.45, 2.75) is 31.4 Å². The maximum atomic E-state index is 5.89. The third kappa shape index (κ3) is 1.40. The molecule has 0 spiro atoms. The standard InChI is InChI=1S/C11H15NOS/c1-2-9(12-5-1)11-8-4-7-14-10(8)3-6-13-11/h4,7,9,11-12H,1-3,5-6H2/t9?,11-/m0/s1. The first kappa shape index (κ1) is 8.89. The summed E-state index contributed by atoms with van der Waals surface area (Å²) in [5.74, 6) is 0. The lowest BCUT2D eigenvalue weighted by Crippen LogP contribution is -2.33. The molecule has 2 aliphatic rings. The summed E-state index contributed by atoms with van der Waals surface area (Å²) in [5.41, 5.74) is 1.45. The van der Waals surface area contributed by atoms with Crippen molar-refractivity contribution in [2.24, 2.45) is 0 Å². The van der Waals surface area contributed by atoms with Crippen LogP contribution < -0.4 is 5.32 Å². The first-order valence-electron chi connectivity index (χ1n) is 5.36. The molecule has 1 fully saturated rings. The lowest BCUT2D eigenvalue weighted by Gasteiger charge is -2.28. The Morgan fingerprint density at radius 3 is 3.36 bits per heavy atom. The molecule has 3 heteroatoms. The van der Waals surface area contributed by atoms with Crippen LogP contribution in [-0.4, -0.2) is 19.2 Å². The van der Waals surface area contributed by atoms with Crippen molar-refractivity contribution in [3.05, 3.63) is 21.9 Å². The minimum Gasteiger partial charge on any atom is -0.371 e. The van der Waals surface area contributed by atoms with Gasteiger partial charge >= 0.3 is 0 Å². The Morgan fingerprint density at radius 2 is 2.50 bits per heavy atom. The average Bonchev–Trinajstić information content (AvgIpc) is 2.88. The van der Waals surface area contributed by atoms with E-state index in [4.69, 9.17) is 4.74 Å². The number of thiophene rings is 1. The maximum Gasteiger partial charge on any atom is 0.0988 e. The van der Waals surface area contributed by atoms with Gasteiger partial charge in [-0.3, -0.25) is 0 Å². The monoisotopic (exact) mass is 209 g/mol. The van der Waals surface area contributed by atoms with E-state index in [9.17, 15) is 0 Å². The Balaban J connectivity index is 1.88. The molecule has 76 valence electrons. The molecule has 3 rings (SSSR count). The van der Waals surface area contributed by atoms with Gasteiger partial charge in [0, 0.05) is 17.3 Å². The van der Waals surface area contributed by atoms with Gasteiger partial charge in [0.05, 0.1) is 12.7 Å². The van der Waals surface area contributed by atoms with Gasteiger partial charge in [0.2, 0.25) is 0 Å². The third-order valence-electron chi connectivity index (χ3n) is 3.18. The molecule has 1 N–H and O–H groups in total. The highest BCUT2D eigenvalue weighted by Crippen LogP contribution is 2.35. The summed E-state index contributed by atoms with van der Waals surface area (Å²) in [7, 11) is 0. The van der Waals surface area contributed by atoms with Crippen molar-refractivity contribution in [1.29, 1.82) is 0 Å². The van der Waals surface area contributed by atoms with Crippen molar-refractivity contribution in [1.82, 2.24) is 5.32 Å². The molecule has 0 radical (unpaired) electrons. The van der Waals surface area contributed by atoms with E-state index in [-0.39, 0.29) is 0 Å². The van der Waals surface area contributed by atoms with Crippen LogP contribution in [-0.2, 0) is 11.2 Å². The molecule has 2 aliphatic heterocycles. The first-order valence-corrected chi connectivity index (χ1v) is 6.24. The number of rotatable bonds is 1. The Bertz CT molecular complexity index is 317. The normalized spacial score (nSPS) is 31.7. The summed E-state index contributed by atoms with van der Waals surface area (Å²) in [6.07, 6.45) is 3.99. The van der Waals surface area contributed by atoms with Crippen LogP contribution in [0.1, 0.15) is 29.4 Å². The van der Waals surface area contributed by atoms with Gasteiger partial charge in [0.25, 0.3) is 0 Å². The van der Waals surface area contributed by atoms with Gasteiger partial charge in [-0.15, -0.1) is 11.3 Å². The second-order valence-corrected chi connectivity index (χ2v) is 5.04. The summed E-state index contributed by atoms with van der Waals surface area (Å²) in [4.78, 5) is 1.54. The van der Waals surface area contributed by atoms with Crippen LogP contribution >= 0.6 is 11.3 Å². The molecule has 1 saturated heterocycles. The van der Waals surface area contributed by atoms with E-state index in [2.05, 4.69) is 16.8 Å². The fourth-order valence-corrected chi connectivity index (χ4v) is 3.38. The molecule has 0 bridgehead atoms. The quantitative estimate of drug-likeness (QED) is 0.765. The van der Waals surface area contributed by atoms with Crippen molar-refractivity contribution < 1.29 is 4.74 Å². The molecule has 1 aromatic heterocycles. The fourth-order valence-electron chi connectivity index (χ4n) is 2.48. The largest absolute Gasteiger partial charge is 0.371 e. The molecule has 0 aromatic carbocycles. The Labute approximate surface area is 88.3 Å². The smallest absolute Gasteiger partial charge is 0.0988 e. The Kier molecular flexibility index (Phi) is 2.32. The number of hydrogen-bond acceptors (Lipinski definition) is 3. The molecule has 2 atom stereocenters. The zero-order chi connectivity index (χ0) is 9.38.